The van der Waals surface area contributed by atoms with Crippen molar-refractivity contribution in [2.45, 2.75) is 57.5 Å². The van der Waals surface area contributed by atoms with E-state index in [1.165, 1.54) is 51.7 Å². The fraction of sp³-hybridized carbons (Fsp3) is 1.00. The van der Waals surface area contributed by atoms with Crippen molar-refractivity contribution in [3.63, 3.8) is 0 Å². The number of hydrogen-bond donors (Lipinski definition) is 1. The van der Waals surface area contributed by atoms with Crippen molar-refractivity contribution in [1.82, 2.24) is 10.2 Å². The standard InChI is InChI=1S/C12H24N2/c1-11-5-9-14(10-8-13-11)12(2)6-3-4-7-12/h11,13H,3-10H2,1-2H3. The zero-order valence-electron chi connectivity index (χ0n) is 9.68. The van der Waals surface area contributed by atoms with Gasteiger partial charge in [0.1, 0.15) is 0 Å². The van der Waals surface area contributed by atoms with Crippen molar-refractivity contribution < 1.29 is 0 Å². The van der Waals surface area contributed by atoms with E-state index in [4.69, 9.17) is 0 Å². The van der Waals surface area contributed by atoms with Crippen LogP contribution in [0.25, 0.3) is 0 Å². The maximum absolute atomic E-state index is 3.57. The third-order valence-corrected chi connectivity index (χ3v) is 4.15. The average molecular weight is 196 g/mol. The van der Waals surface area contributed by atoms with Gasteiger partial charge in [0.15, 0.2) is 0 Å². The smallest absolute Gasteiger partial charge is 0.0182 e. The van der Waals surface area contributed by atoms with Gasteiger partial charge in [0, 0.05) is 31.2 Å². The summed E-state index contributed by atoms with van der Waals surface area (Å²) in [5.74, 6) is 0. The minimum atomic E-state index is 0.533. The van der Waals surface area contributed by atoms with Crippen molar-refractivity contribution in [3.8, 4) is 0 Å². The van der Waals surface area contributed by atoms with Gasteiger partial charge >= 0.3 is 0 Å². The lowest BCUT2D eigenvalue weighted by Crippen LogP contribution is -2.45. The number of hydrogen-bond acceptors (Lipinski definition) is 2. The molecule has 1 aliphatic heterocycles. The van der Waals surface area contributed by atoms with E-state index in [-0.39, 0.29) is 0 Å². The summed E-state index contributed by atoms with van der Waals surface area (Å²) in [7, 11) is 0. The number of nitrogens with one attached hydrogen (secondary N) is 1. The SMILES string of the molecule is CC1CCN(C2(C)CCCC2)CCN1. The molecule has 0 spiro atoms. The molecular formula is C12H24N2. The van der Waals surface area contributed by atoms with Gasteiger partial charge in [-0.05, 0) is 33.1 Å². The molecule has 0 aromatic carbocycles. The van der Waals surface area contributed by atoms with Gasteiger partial charge < -0.3 is 5.32 Å². The Kier molecular flexibility index (Phi) is 3.13. The Morgan fingerprint density at radius 3 is 2.64 bits per heavy atom. The van der Waals surface area contributed by atoms with Crippen LogP contribution in [0.4, 0.5) is 0 Å². The van der Waals surface area contributed by atoms with Gasteiger partial charge in [0.05, 0.1) is 0 Å². The summed E-state index contributed by atoms with van der Waals surface area (Å²) in [6.45, 7) is 8.50. The Morgan fingerprint density at radius 1 is 1.21 bits per heavy atom. The molecule has 2 nitrogen and oxygen atoms in total. The lowest BCUT2D eigenvalue weighted by molar-refractivity contribution is 0.117. The van der Waals surface area contributed by atoms with Gasteiger partial charge in [-0.15, -0.1) is 0 Å². The minimum Gasteiger partial charge on any atom is -0.313 e. The molecule has 1 aliphatic carbocycles. The molecule has 2 heteroatoms. The lowest BCUT2D eigenvalue weighted by Gasteiger charge is -2.37. The lowest BCUT2D eigenvalue weighted by atomic mass is 9.97. The van der Waals surface area contributed by atoms with Gasteiger partial charge in [0.2, 0.25) is 0 Å². The fourth-order valence-electron chi connectivity index (χ4n) is 3.00. The molecule has 0 aromatic heterocycles. The van der Waals surface area contributed by atoms with Crippen molar-refractivity contribution in [2.75, 3.05) is 19.6 Å². The number of nitrogens with zero attached hydrogens (tertiary/aromatic N) is 1. The molecule has 1 saturated heterocycles. The van der Waals surface area contributed by atoms with Crippen molar-refractivity contribution in [2.24, 2.45) is 0 Å². The van der Waals surface area contributed by atoms with Crippen molar-refractivity contribution >= 4 is 0 Å². The Labute approximate surface area is 88.1 Å². The van der Waals surface area contributed by atoms with E-state index < -0.39 is 0 Å². The molecule has 1 unspecified atom stereocenters. The van der Waals surface area contributed by atoms with Crippen molar-refractivity contribution in [3.05, 3.63) is 0 Å². The third-order valence-electron chi connectivity index (χ3n) is 4.15. The molecule has 0 amide bonds. The summed E-state index contributed by atoms with van der Waals surface area (Å²) in [6.07, 6.45) is 7.03. The highest BCUT2D eigenvalue weighted by atomic mass is 15.2. The first-order valence-corrected chi connectivity index (χ1v) is 6.19. The topological polar surface area (TPSA) is 15.3 Å². The van der Waals surface area contributed by atoms with E-state index in [1.807, 2.05) is 0 Å². The van der Waals surface area contributed by atoms with Crippen LogP contribution in [0.5, 0.6) is 0 Å². The monoisotopic (exact) mass is 196 g/mol. The average Bonchev–Trinajstić information content (AvgIpc) is 2.47. The Bertz CT molecular complexity index is 185. The summed E-state index contributed by atoms with van der Waals surface area (Å²) < 4.78 is 0. The first kappa shape index (κ1) is 10.4. The summed E-state index contributed by atoms with van der Waals surface area (Å²) >= 11 is 0. The molecule has 0 bridgehead atoms. The molecule has 1 atom stereocenters. The molecular weight excluding hydrogens is 172 g/mol. The van der Waals surface area contributed by atoms with Gasteiger partial charge in [-0.2, -0.15) is 0 Å². The van der Waals surface area contributed by atoms with Gasteiger partial charge in [-0.25, -0.2) is 0 Å². The molecule has 2 aliphatic rings. The Morgan fingerprint density at radius 2 is 1.93 bits per heavy atom. The summed E-state index contributed by atoms with van der Waals surface area (Å²) in [5, 5.41) is 3.57. The molecule has 0 aromatic rings. The molecule has 14 heavy (non-hydrogen) atoms. The van der Waals surface area contributed by atoms with Crippen molar-refractivity contribution in [1.29, 1.82) is 0 Å². The highest BCUT2D eigenvalue weighted by molar-refractivity contribution is 4.92. The second kappa shape index (κ2) is 4.19. The molecule has 2 fully saturated rings. The normalized spacial score (nSPS) is 34.3. The largest absolute Gasteiger partial charge is 0.313 e. The van der Waals surface area contributed by atoms with E-state index >= 15 is 0 Å². The first-order chi connectivity index (χ1) is 6.71. The van der Waals surface area contributed by atoms with Crippen LogP contribution >= 0.6 is 0 Å². The second-order valence-corrected chi connectivity index (χ2v) is 5.33. The van der Waals surface area contributed by atoms with E-state index in [0.29, 0.717) is 11.6 Å². The van der Waals surface area contributed by atoms with Crippen LogP contribution in [-0.4, -0.2) is 36.1 Å². The second-order valence-electron chi connectivity index (χ2n) is 5.33. The summed E-state index contributed by atoms with van der Waals surface area (Å²) in [6, 6.07) is 0.713. The van der Waals surface area contributed by atoms with E-state index in [0.717, 1.165) is 0 Å². The zero-order valence-corrected chi connectivity index (χ0v) is 9.68. The molecule has 82 valence electrons. The Hall–Kier alpha value is -0.0800. The predicted molar refractivity (Wildman–Crippen MR) is 60.5 cm³/mol. The highest BCUT2D eigenvalue weighted by Gasteiger charge is 2.35. The van der Waals surface area contributed by atoms with Gasteiger partial charge in [-0.3, -0.25) is 4.90 Å². The maximum atomic E-state index is 3.57. The van der Waals surface area contributed by atoms with Crippen LogP contribution in [0.1, 0.15) is 46.0 Å². The molecule has 1 heterocycles. The molecule has 2 rings (SSSR count). The van der Waals surface area contributed by atoms with Crippen LogP contribution in [0.15, 0.2) is 0 Å². The highest BCUT2D eigenvalue weighted by Crippen LogP contribution is 2.35. The van der Waals surface area contributed by atoms with E-state index in [9.17, 15) is 0 Å². The zero-order chi connectivity index (χ0) is 10.0. The maximum Gasteiger partial charge on any atom is 0.0182 e. The number of rotatable bonds is 1. The van der Waals surface area contributed by atoms with E-state index in [1.54, 1.807) is 0 Å². The van der Waals surface area contributed by atoms with Crippen LogP contribution in [0.3, 0.4) is 0 Å². The molecule has 1 N–H and O–H groups in total. The van der Waals surface area contributed by atoms with E-state index in [2.05, 4.69) is 24.1 Å². The predicted octanol–water partition coefficient (Wildman–Crippen LogP) is 2.00. The molecule has 1 saturated carbocycles. The van der Waals surface area contributed by atoms with Gasteiger partial charge in [-0.1, -0.05) is 12.8 Å². The summed E-state index contributed by atoms with van der Waals surface area (Å²) in [5.41, 5.74) is 0.533. The van der Waals surface area contributed by atoms with Crippen LogP contribution < -0.4 is 5.32 Å². The van der Waals surface area contributed by atoms with Crippen LogP contribution in [0.2, 0.25) is 0 Å². The Balaban J connectivity index is 1.95. The third kappa shape index (κ3) is 2.12. The fourth-order valence-corrected chi connectivity index (χ4v) is 3.00. The van der Waals surface area contributed by atoms with Crippen LogP contribution in [-0.2, 0) is 0 Å². The van der Waals surface area contributed by atoms with Crippen LogP contribution in [0, 0.1) is 0 Å². The summed E-state index contributed by atoms with van der Waals surface area (Å²) in [4.78, 5) is 2.73. The quantitative estimate of drug-likeness (QED) is 0.690. The first-order valence-electron chi connectivity index (χ1n) is 6.19. The molecule has 0 radical (unpaired) electrons. The minimum absolute atomic E-state index is 0.533. The van der Waals surface area contributed by atoms with Gasteiger partial charge in [0.25, 0.3) is 0 Å².